The van der Waals surface area contributed by atoms with Gasteiger partial charge in [0.2, 0.25) is 5.91 Å². The normalized spacial score (nSPS) is 17.9. The second-order valence-electron chi connectivity index (χ2n) is 8.40. The third kappa shape index (κ3) is 3.92. The number of amides is 2. The molecule has 8 heteroatoms. The highest BCUT2D eigenvalue weighted by Crippen LogP contribution is 2.35. The molecule has 1 aliphatic heterocycles. The predicted octanol–water partition coefficient (Wildman–Crippen LogP) is 5.23. The first-order valence-corrected chi connectivity index (χ1v) is 11.8. The number of benzene rings is 2. The zero-order valence-corrected chi connectivity index (χ0v) is 19.4. The monoisotopic (exact) mass is 481 g/mol. The van der Waals surface area contributed by atoms with Gasteiger partial charge in [-0.05, 0) is 59.8 Å². The van der Waals surface area contributed by atoms with Gasteiger partial charge in [0.1, 0.15) is 21.9 Å². The van der Waals surface area contributed by atoms with E-state index in [0.717, 1.165) is 21.3 Å². The van der Waals surface area contributed by atoms with Crippen LogP contribution in [0, 0.1) is 5.82 Å². The van der Waals surface area contributed by atoms with Gasteiger partial charge in [0.25, 0.3) is 5.91 Å². The molecule has 4 aromatic rings. The summed E-state index contributed by atoms with van der Waals surface area (Å²) in [6, 6.07) is 17.1. The van der Waals surface area contributed by atoms with Gasteiger partial charge in [-0.25, -0.2) is 4.39 Å². The minimum atomic E-state index is -1.14. The molecular formula is C25H21ClFN3O2S. The molecule has 5 nitrogen and oxygen atoms in total. The smallest absolute Gasteiger partial charge is 0.271 e. The van der Waals surface area contributed by atoms with E-state index in [-0.39, 0.29) is 24.2 Å². The molecule has 1 aliphatic rings. The molecule has 3 heterocycles. The van der Waals surface area contributed by atoms with Crippen molar-refractivity contribution in [1.29, 1.82) is 0 Å². The number of carbonyl (C=O) groups is 2. The second kappa shape index (κ2) is 8.32. The van der Waals surface area contributed by atoms with Crippen molar-refractivity contribution in [3.05, 3.63) is 93.7 Å². The van der Waals surface area contributed by atoms with Crippen LogP contribution in [0.15, 0.2) is 66.0 Å². The van der Waals surface area contributed by atoms with E-state index in [1.165, 1.54) is 12.1 Å². The molecule has 0 spiro atoms. The van der Waals surface area contributed by atoms with Crippen molar-refractivity contribution in [2.75, 3.05) is 0 Å². The van der Waals surface area contributed by atoms with Crippen LogP contribution in [0.25, 0.3) is 10.2 Å². The summed E-state index contributed by atoms with van der Waals surface area (Å²) in [6.07, 6.45) is 0. The first kappa shape index (κ1) is 21.7. The van der Waals surface area contributed by atoms with Crippen LogP contribution in [-0.2, 0) is 24.4 Å². The number of fused-ring (bicyclic) bond motifs is 3. The van der Waals surface area contributed by atoms with Crippen molar-refractivity contribution in [1.82, 2.24) is 14.8 Å². The average molecular weight is 482 g/mol. The van der Waals surface area contributed by atoms with Crippen molar-refractivity contribution in [3.8, 4) is 0 Å². The maximum Gasteiger partial charge on any atom is 0.271 e. The number of hydrogen-bond acceptors (Lipinski definition) is 3. The maximum atomic E-state index is 13.6. The summed E-state index contributed by atoms with van der Waals surface area (Å²) >= 11 is 7.51. The SMILES string of the molecule is C[C@@]1(C(=O)NCc2ccc(Cl)cc2)Cn2c(cc3ccsc32)C(=O)N1Cc1ccc(F)cc1. The molecule has 2 aromatic heterocycles. The van der Waals surface area contributed by atoms with Crippen LogP contribution in [0.3, 0.4) is 0 Å². The highest BCUT2D eigenvalue weighted by atomic mass is 35.5. The van der Waals surface area contributed by atoms with Crippen molar-refractivity contribution in [2.24, 2.45) is 0 Å². The van der Waals surface area contributed by atoms with E-state index in [9.17, 15) is 14.0 Å². The molecule has 2 amide bonds. The summed E-state index contributed by atoms with van der Waals surface area (Å²) < 4.78 is 15.4. The van der Waals surface area contributed by atoms with Crippen LogP contribution >= 0.6 is 22.9 Å². The van der Waals surface area contributed by atoms with Crippen LogP contribution < -0.4 is 5.32 Å². The van der Waals surface area contributed by atoms with Gasteiger partial charge in [-0.1, -0.05) is 35.9 Å². The van der Waals surface area contributed by atoms with Crippen LogP contribution in [0.2, 0.25) is 5.02 Å². The van der Waals surface area contributed by atoms with Gasteiger partial charge in [0.05, 0.1) is 6.54 Å². The summed E-state index contributed by atoms with van der Waals surface area (Å²) in [7, 11) is 0. The van der Waals surface area contributed by atoms with Gasteiger partial charge >= 0.3 is 0 Å². The quantitative estimate of drug-likeness (QED) is 0.424. The lowest BCUT2D eigenvalue weighted by atomic mass is 9.93. The first-order valence-electron chi connectivity index (χ1n) is 10.5. The minimum Gasteiger partial charge on any atom is -0.350 e. The van der Waals surface area contributed by atoms with Crippen LogP contribution in [0.5, 0.6) is 0 Å². The number of carbonyl (C=O) groups excluding carboxylic acids is 2. The molecule has 168 valence electrons. The molecule has 0 bridgehead atoms. The molecule has 1 N–H and O–H groups in total. The molecule has 1 atom stereocenters. The van der Waals surface area contributed by atoms with Gasteiger partial charge in [-0.3, -0.25) is 9.59 Å². The summed E-state index contributed by atoms with van der Waals surface area (Å²) in [4.78, 5) is 29.8. The number of hydrogen-bond donors (Lipinski definition) is 1. The second-order valence-corrected chi connectivity index (χ2v) is 9.73. The Hall–Kier alpha value is -3.16. The molecule has 0 fully saturated rings. The summed E-state index contributed by atoms with van der Waals surface area (Å²) in [5.74, 6) is -0.823. The Morgan fingerprint density at radius 1 is 1.12 bits per heavy atom. The Balaban J connectivity index is 1.49. The lowest BCUT2D eigenvalue weighted by molar-refractivity contribution is -0.133. The Morgan fingerprint density at radius 3 is 2.55 bits per heavy atom. The molecule has 0 aliphatic carbocycles. The Bertz CT molecular complexity index is 1350. The Labute approximate surface area is 199 Å². The third-order valence-corrected chi connectivity index (χ3v) is 7.34. The fourth-order valence-electron chi connectivity index (χ4n) is 4.25. The maximum absolute atomic E-state index is 13.6. The highest BCUT2D eigenvalue weighted by molar-refractivity contribution is 7.16. The van der Waals surface area contributed by atoms with E-state index in [0.29, 0.717) is 23.8 Å². The van der Waals surface area contributed by atoms with Crippen LogP contribution in [0.1, 0.15) is 28.5 Å². The largest absolute Gasteiger partial charge is 0.350 e. The van der Waals surface area contributed by atoms with E-state index < -0.39 is 5.54 Å². The molecule has 0 saturated heterocycles. The molecule has 2 aromatic carbocycles. The van der Waals surface area contributed by atoms with E-state index in [1.54, 1.807) is 47.4 Å². The molecule has 0 unspecified atom stereocenters. The molecule has 0 radical (unpaired) electrons. The fourth-order valence-corrected chi connectivity index (χ4v) is 5.28. The van der Waals surface area contributed by atoms with Crippen molar-refractivity contribution < 1.29 is 14.0 Å². The van der Waals surface area contributed by atoms with Gasteiger partial charge in [0, 0.05) is 23.5 Å². The van der Waals surface area contributed by atoms with E-state index >= 15 is 0 Å². The number of thiophene rings is 1. The Kier molecular flexibility index (Phi) is 5.46. The number of rotatable bonds is 5. The molecule has 33 heavy (non-hydrogen) atoms. The van der Waals surface area contributed by atoms with Gasteiger partial charge in [-0.15, -0.1) is 11.3 Å². The van der Waals surface area contributed by atoms with E-state index in [4.69, 9.17) is 11.6 Å². The predicted molar refractivity (Wildman–Crippen MR) is 128 cm³/mol. The zero-order valence-electron chi connectivity index (χ0n) is 17.8. The number of halogens is 2. The number of nitrogens with zero attached hydrogens (tertiary/aromatic N) is 2. The summed E-state index contributed by atoms with van der Waals surface area (Å²) in [5, 5.41) is 6.58. The fraction of sp³-hybridized carbons (Fsp3) is 0.200. The standard InChI is InChI=1S/C25H21ClFN3O2S/c1-25(24(32)28-13-16-2-6-19(26)7-3-16)15-29-21(12-18-10-11-33-23(18)29)22(31)30(25)14-17-4-8-20(27)9-5-17/h2-12H,13-15H2,1H3,(H,28,32)/t25-/m0/s1. The highest BCUT2D eigenvalue weighted by Gasteiger charge is 2.47. The number of aromatic nitrogens is 1. The molecular weight excluding hydrogens is 461 g/mol. The first-order chi connectivity index (χ1) is 15.8. The van der Waals surface area contributed by atoms with Crippen molar-refractivity contribution in [3.63, 3.8) is 0 Å². The minimum absolute atomic E-state index is 0.197. The van der Waals surface area contributed by atoms with Crippen LogP contribution in [-0.4, -0.2) is 26.8 Å². The van der Waals surface area contributed by atoms with Gasteiger partial charge < -0.3 is 14.8 Å². The van der Waals surface area contributed by atoms with E-state index in [2.05, 4.69) is 5.32 Å². The van der Waals surface area contributed by atoms with Crippen molar-refractivity contribution >= 4 is 45.0 Å². The topological polar surface area (TPSA) is 54.3 Å². The molecule has 0 saturated carbocycles. The van der Waals surface area contributed by atoms with Gasteiger partial charge in [0.15, 0.2) is 0 Å². The summed E-state index contributed by atoms with van der Waals surface area (Å²) in [6.45, 7) is 2.62. The third-order valence-electron chi connectivity index (χ3n) is 6.14. The number of nitrogens with one attached hydrogen (secondary N) is 1. The lowest BCUT2D eigenvalue weighted by Crippen LogP contribution is -2.63. The van der Waals surface area contributed by atoms with Crippen molar-refractivity contribution in [2.45, 2.75) is 32.1 Å². The van der Waals surface area contributed by atoms with Gasteiger partial charge in [-0.2, -0.15) is 0 Å². The Morgan fingerprint density at radius 2 is 1.82 bits per heavy atom. The summed E-state index contributed by atoms with van der Waals surface area (Å²) in [5.41, 5.74) is 1.08. The zero-order chi connectivity index (χ0) is 23.2. The van der Waals surface area contributed by atoms with Crippen LogP contribution in [0.4, 0.5) is 4.39 Å². The average Bonchev–Trinajstić information content (AvgIpc) is 3.40. The molecule has 5 rings (SSSR count). The van der Waals surface area contributed by atoms with E-state index in [1.807, 2.05) is 34.2 Å². The lowest BCUT2D eigenvalue weighted by Gasteiger charge is -2.44.